The number of pyridine rings is 1. The number of hydrogen-bond acceptors (Lipinski definition) is 3. The average molecular weight is 239 g/mol. The summed E-state index contributed by atoms with van der Waals surface area (Å²) < 4.78 is 5.62. The molecule has 0 spiro atoms. The van der Waals surface area contributed by atoms with Crippen LogP contribution in [0.5, 0.6) is 0 Å². The Morgan fingerprint density at radius 1 is 1.06 bits per heavy atom. The summed E-state index contributed by atoms with van der Waals surface area (Å²) in [7, 11) is 0. The lowest BCUT2D eigenvalue weighted by Gasteiger charge is -2.27. The largest absolute Gasteiger partial charge is 0.448 e. The highest BCUT2D eigenvalue weighted by atomic mass is 16.6. The van der Waals surface area contributed by atoms with E-state index in [4.69, 9.17) is 4.74 Å². The van der Waals surface area contributed by atoms with Crippen LogP contribution in [0.15, 0.2) is 54.7 Å². The molecule has 1 aromatic carbocycles. The molecule has 1 aromatic heterocycles. The Hall–Kier alpha value is -2.16. The molecule has 0 radical (unpaired) electrons. The number of rotatable bonds is 2. The molecule has 2 heterocycles. The van der Waals surface area contributed by atoms with Gasteiger partial charge in [0.2, 0.25) is 0 Å². The van der Waals surface area contributed by atoms with Gasteiger partial charge in [0, 0.05) is 18.2 Å². The fourth-order valence-electron chi connectivity index (χ4n) is 2.42. The molecule has 1 atom stereocenters. The fourth-order valence-corrected chi connectivity index (χ4v) is 2.42. The number of hydrogen-bond donors (Lipinski definition) is 0. The van der Waals surface area contributed by atoms with Crippen molar-refractivity contribution in [2.24, 2.45) is 0 Å². The van der Waals surface area contributed by atoms with Crippen LogP contribution >= 0.6 is 0 Å². The molecule has 90 valence electrons. The summed E-state index contributed by atoms with van der Waals surface area (Å²) in [5.74, 6) is -0.162. The van der Waals surface area contributed by atoms with Crippen molar-refractivity contribution in [2.75, 3.05) is 0 Å². The SMILES string of the molecule is O=C1CCC(c2ccccc2)(c2ccccn2)O1. The van der Waals surface area contributed by atoms with E-state index in [1.807, 2.05) is 48.5 Å². The lowest BCUT2D eigenvalue weighted by atomic mass is 9.87. The van der Waals surface area contributed by atoms with Gasteiger partial charge in [0.25, 0.3) is 0 Å². The zero-order chi connectivity index (χ0) is 12.4. The molecule has 0 bridgehead atoms. The predicted molar refractivity (Wildman–Crippen MR) is 66.8 cm³/mol. The summed E-state index contributed by atoms with van der Waals surface area (Å²) in [4.78, 5) is 15.9. The second-order valence-corrected chi connectivity index (χ2v) is 4.38. The van der Waals surface area contributed by atoms with E-state index in [0.717, 1.165) is 11.3 Å². The molecule has 1 fully saturated rings. The zero-order valence-corrected chi connectivity index (χ0v) is 9.87. The van der Waals surface area contributed by atoms with E-state index in [1.165, 1.54) is 0 Å². The minimum Gasteiger partial charge on any atom is -0.448 e. The molecule has 3 heteroatoms. The standard InChI is InChI=1S/C15H13NO2/c17-14-9-10-15(18-14,12-6-2-1-3-7-12)13-8-4-5-11-16-13/h1-8,11H,9-10H2. The molecule has 2 aromatic rings. The molecule has 0 saturated carbocycles. The fraction of sp³-hybridized carbons (Fsp3) is 0.200. The molecule has 0 aliphatic carbocycles. The van der Waals surface area contributed by atoms with Gasteiger partial charge in [-0.05, 0) is 12.1 Å². The molecule has 1 aliphatic rings. The minimum absolute atomic E-state index is 0.162. The Kier molecular flexibility index (Phi) is 2.59. The van der Waals surface area contributed by atoms with Crippen LogP contribution in [0, 0.1) is 0 Å². The van der Waals surface area contributed by atoms with Crippen LogP contribution in [0.3, 0.4) is 0 Å². The first-order chi connectivity index (χ1) is 8.81. The van der Waals surface area contributed by atoms with Gasteiger partial charge in [-0.25, -0.2) is 0 Å². The van der Waals surface area contributed by atoms with Crippen molar-refractivity contribution in [1.29, 1.82) is 0 Å². The monoisotopic (exact) mass is 239 g/mol. The molecule has 1 saturated heterocycles. The maximum atomic E-state index is 11.6. The Bertz CT molecular complexity index is 512. The summed E-state index contributed by atoms with van der Waals surface area (Å²) in [6, 6.07) is 15.5. The lowest BCUT2D eigenvalue weighted by Crippen LogP contribution is -2.28. The van der Waals surface area contributed by atoms with E-state index in [-0.39, 0.29) is 5.97 Å². The van der Waals surface area contributed by atoms with Gasteiger partial charge in [-0.2, -0.15) is 0 Å². The van der Waals surface area contributed by atoms with E-state index in [2.05, 4.69) is 4.98 Å². The third kappa shape index (κ3) is 1.68. The first-order valence-electron chi connectivity index (χ1n) is 6.00. The van der Waals surface area contributed by atoms with Crippen molar-refractivity contribution < 1.29 is 9.53 Å². The predicted octanol–water partition coefficient (Wildman–Crippen LogP) is 2.66. The topological polar surface area (TPSA) is 39.2 Å². The van der Waals surface area contributed by atoms with Gasteiger partial charge in [-0.15, -0.1) is 0 Å². The summed E-state index contributed by atoms with van der Waals surface area (Å²) in [6.07, 6.45) is 2.81. The van der Waals surface area contributed by atoms with E-state index in [1.54, 1.807) is 6.20 Å². The van der Waals surface area contributed by atoms with Gasteiger partial charge in [-0.1, -0.05) is 36.4 Å². The van der Waals surface area contributed by atoms with Crippen molar-refractivity contribution in [3.63, 3.8) is 0 Å². The number of nitrogens with zero attached hydrogens (tertiary/aromatic N) is 1. The summed E-state index contributed by atoms with van der Waals surface area (Å²) in [6.45, 7) is 0. The molecule has 3 rings (SSSR count). The molecule has 0 amide bonds. The van der Waals surface area contributed by atoms with Gasteiger partial charge in [0.1, 0.15) is 0 Å². The van der Waals surface area contributed by atoms with E-state index < -0.39 is 5.60 Å². The van der Waals surface area contributed by atoms with E-state index in [0.29, 0.717) is 12.8 Å². The van der Waals surface area contributed by atoms with Crippen LogP contribution in [-0.2, 0) is 15.1 Å². The number of carbonyl (C=O) groups excluding carboxylic acids is 1. The highest BCUT2D eigenvalue weighted by molar-refractivity contribution is 5.73. The normalized spacial score (nSPS) is 22.8. The number of esters is 1. The van der Waals surface area contributed by atoms with Crippen molar-refractivity contribution in [3.05, 3.63) is 66.0 Å². The molecule has 18 heavy (non-hydrogen) atoms. The third-order valence-corrected chi connectivity index (χ3v) is 3.29. The maximum Gasteiger partial charge on any atom is 0.307 e. The van der Waals surface area contributed by atoms with Gasteiger partial charge in [0.15, 0.2) is 5.60 Å². The van der Waals surface area contributed by atoms with Gasteiger partial charge >= 0.3 is 5.97 Å². The molecule has 0 N–H and O–H groups in total. The number of ether oxygens (including phenoxy) is 1. The second kappa shape index (κ2) is 4.26. The van der Waals surface area contributed by atoms with Gasteiger partial charge in [0.05, 0.1) is 12.1 Å². The first-order valence-corrected chi connectivity index (χ1v) is 6.00. The Labute approximate surface area is 105 Å². The van der Waals surface area contributed by atoms with Gasteiger partial charge in [-0.3, -0.25) is 9.78 Å². The Morgan fingerprint density at radius 2 is 1.83 bits per heavy atom. The quantitative estimate of drug-likeness (QED) is 0.756. The molecular weight excluding hydrogens is 226 g/mol. The second-order valence-electron chi connectivity index (χ2n) is 4.38. The number of benzene rings is 1. The summed E-state index contributed by atoms with van der Waals surface area (Å²) >= 11 is 0. The van der Waals surface area contributed by atoms with E-state index in [9.17, 15) is 4.79 Å². The number of aromatic nitrogens is 1. The maximum absolute atomic E-state index is 11.6. The average Bonchev–Trinajstić information content (AvgIpc) is 2.84. The minimum atomic E-state index is -0.709. The molecule has 1 aliphatic heterocycles. The Morgan fingerprint density at radius 3 is 2.44 bits per heavy atom. The van der Waals surface area contributed by atoms with E-state index >= 15 is 0 Å². The van der Waals surface area contributed by atoms with Crippen molar-refractivity contribution in [3.8, 4) is 0 Å². The van der Waals surface area contributed by atoms with Crippen molar-refractivity contribution >= 4 is 5.97 Å². The highest BCUT2D eigenvalue weighted by Crippen LogP contribution is 2.41. The van der Waals surface area contributed by atoms with Gasteiger partial charge < -0.3 is 4.74 Å². The summed E-state index contributed by atoms with van der Waals surface area (Å²) in [5, 5.41) is 0. The molecule has 3 nitrogen and oxygen atoms in total. The summed E-state index contributed by atoms with van der Waals surface area (Å²) in [5.41, 5.74) is 1.07. The van der Waals surface area contributed by atoms with Crippen LogP contribution in [0.1, 0.15) is 24.1 Å². The van der Waals surface area contributed by atoms with Crippen LogP contribution in [0.4, 0.5) is 0 Å². The van der Waals surface area contributed by atoms with Crippen molar-refractivity contribution in [1.82, 2.24) is 4.98 Å². The lowest BCUT2D eigenvalue weighted by molar-refractivity contribution is -0.146. The first kappa shape index (κ1) is 11.0. The van der Waals surface area contributed by atoms with Crippen LogP contribution in [0.2, 0.25) is 0 Å². The smallest absolute Gasteiger partial charge is 0.307 e. The highest BCUT2D eigenvalue weighted by Gasteiger charge is 2.44. The van der Waals surface area contributed by atoms with Crippen LogP contribution in [0.25, 0.3) is 0 Å². The number of cyclic esters (lactones) is 1. The van der Waals surface area contributed by atoms with Crippen LogP contribution < -0.4 is 0 Å². The number of carbonyl (C=O) groups is 1. The van der Waals surface area contributed by atoms with Crippen molar-refractivity contribution in [2.45, 2.75) is 18.4 Å². The zero-order valence-electron chi connectivity index (χ0n) is 9.87. The Balaban J connectivity index is 2.14. The molecular formula is C15H13NO2. The molecule has 1 unspecified atom stereocenters. The third-order valence-electron chi connectivity index (χ3n) is 3.29. The van der Waals surface area contributed by atoms with Crippen LogP contribution in [-0.4, -0.2) is 11.0 Å².